The highest BCUT2D eigenvalue weighted by Crippen LogP contribution is 2.08. The maximum atomic E-state index is 11.7. The van der Waals surface area contributed by atoms with E-state index in [0.717, 1.165) is 17.7 Å². The highest BCUT2D eigenvalue weighted by Gasteiger charge is 2.02. The van der Waals surface area contributed by atoms with Crippen LogP contribution in [0.3, 0.4) is 0 Å². The minimum absolute atomic E-state index is 0.0871. The Kier molecular flexibility index (Phi) is 7.50. The van der Waals surface area contributed by atoms with Crippen LogP contribution in [0.4, 0.5) is 0 Å². The van der Waals surface area contributed by atoms with Crippen molar-refractivity contribution in [3.05, 3.63) is 77.9 Å². The van der Waals surface area contributed by atoms with Gasteiger partial charge in [0.15, 0.2) is 0 Å². The molecule has 114 valence electrons. The van der Waals surface area contributed by atoms with Gasteiger partial charge in [0.25, 0.3) is 0 Å². The van der Waals surface area contributed by atoms with Gasteiger partial charge in [-0.3, -0.25) is 4.79 Å². The molecule has 2 rings (SSSR count). The molecule has 0 aliphatic rings. The maximum absolute atomic E-state index is 11.7. The van der Waals surface area contributed by atoms with Gasteiger partial charge in [-0.25, -0.2) is 0 Å². The highest BCUT2D eigenvalue weighted by atomic mass is 32.2. The second kappa shape index (κ2) is 9.98. The molecule has 0 saturated heterocycles. The van der Waals surface area contributed by atoms with Gasteiger partial charge in [0, 0.05) is 5.75 Å². The van der Waals surface area contributed by atoms with Crippen molar-refractivity contribution in [3.8, 4) is 0 Å². The molecule has 2 aromatic rings. The summed E-state index contributed by atoms with van der Waals surface area (Å²) in [6, 6.07) is 20.2. The third-order valence-electron chi connectivity index (χ3n) is 3.04. The van der Waals surface area contributed by atoms with Crippen LogP contribution in [0, 0.1) is 0 Å². The molecule has 0 amide bonds. The van der Waals surface area contributed by atoms with Crippen LogP contribution in [-0.2, 0) is 16.0 Å². The van der Waals surface area contributed by atoms with Crippen molar-refractivity contribution >= 4 is 23.0 Å². The van der Waals surface area contributed by atoms with E-state index in [1.807, 2.05) is 60.7 Å². The number of carbonyl (C=O) groups is 1. The van der Waals surface area contributed by atoms with Gasteiger partial charge in [0.2, 0.25) is 5.12 Å². The first-order chi connectivity index (χ1) is 10.8. The first kappa shape index (κ1) is 16.5. The van der Waals surface area contributed by atoms with Crippen LogP contribution in [0.2, 0.25) is 0 Å². The Morgan fingerprint density at radius 1 is 1.00 bits per heavy atom. The zero-order valence-electron chi connectivity index (χ0n) is 12.5. The lowest BCUT2D eigenvalue weighted by Crippen LogP contribution is -2.06. The van der Waals surface area contributed by atoms with E-state index in [1.54, 1.807) is 0 Å². The second-order valence-electron chi connectivity index (χ2n) is 4.78. The molecular weight excluding hydrogens is 292 g/mol. The van der Waals surface area contributed by atoms with Crippen molar-refractivity contribution in [2.75, 3.05) is 19.0 Å². The van der Waals surface area contributed by atoms with Gasteiger partial charge in [-0.05, 0) is 17.5 Å². The van der Waals surface area contributed by atoms with Gasteiger partial charge in [-0.1, -0.05) is 84.6 Å². The summed E-state index contributed by atoms with van der Waals surface area (Å²) in [5, 5.41) is 0.0871. The minimum Gasteiger partial charge on any atom is -0.369 e. The topological polar surface area (TPSA) is 26.3 Å². The summed E-state index contributed by atoms with van der Waals surface area (Å²) in [5.41, 5.74) is 2.39. The van der Waals surface area contributed by atoms with Crippen LogP contribution in [0.15, 0.2) is 66.7 Å². The molecule has 22 heavy (non-hydrogen) atoms. The summed E-state index contributed by atoms with van der Waals surface area (Å²) in [6.07, 6.45) is 4.83. The zero-order chi connectivity index (χ0) is 15.5. The van der Waals surface area contributed by atoms with Crippen molar-refractivity contribution in [1.82, 2.24) is 0 Å². The Bertz CT molecular complexity index is 579. The number of ether oxygens (including phenoxy) is 1. The lowest BCUT2D eigenvalue weighted by molar-refractivity contribution is -0.114. The molecule has 0 radical (unpaired) electrons. The standard InChI is InChI=1S/C19H20O2S/c20-19(22-15-13-18-10-5-2-6-11-18)16-21-14-7-12-17-8-3-1-4-9-17/h1-12H,13-16H2/b12-7+. The molecule has 3 heteroatoms. The molecule has 0 N–H and O–H groups in total. The van der Waals surface area contributed by atoms with Crippen molar-refractivity contribution < 1.29 is 9.53 Å². The molecule has 0 spiro atoms. The molecule has 0 saturated carbocycles. The number of thioether (sulfide) groups is 1. The van der Waals surface area contributed by atoms with E-state index in [9.17, 15) is 4.79 Å². The molecule has 0 unspecified atom stereocenters. The number of hydrogen-bond donors (Lipinski definition) is 0. The van der Waals surface area contributed by atoms with E-state index >= 15 is 0 Å². The fourth-order valence-electron chi connectivity index (χ4n) is 1.93. The van der Waals surface area contributed by atoms with E-state index in [0.29, 0.717) is 6.61 Å². The van der Waals surface area contributed by atoms with E-state index in [-0.39, 0.29) is 11.7 Å². The summed E-state index contributed by atoms with van der Waals surface area (Å²) in [7, 11) is 0. The van der Waals surface area contributed by atoms with Gasteiger partial charge in [0.05, 0.1) is 6.61 Å². The Balaban J connectivity index is 1.55. The predicted molar refractivity (Wildman–Crippen MR) is 93.9 cm³/mol. The number of hydrogen-bond acceptors (Lipinski definition) is 3. The summed E-state index contributed by atoms with van der Waals surface area (Å²) in [5.74, 6) is 0.798. The van der Waals surface area contributed by atoms with Crippen LogP contribution in [0.1, 0.15) is 11.1 Å². The fourth-order valence-corrected chi connectivity index (χ4v) is 2.66. The summed E-state index contributed by atoms with van der Waals surface area (Å²) < 4.78 is 5.36. The largest absolute Gasteiger partial charge is 0.369 e. The molecular formula is C19H20O2S. The Morgan fingerprint density at radius 2 is 1.68 bits per heavy atom. The summed E-state index contributed by atoms with van der Waals surface area (Å²) >= 11 is 1.34. The normalized spacial score (nSPS) is 10.9. The molecule has 0 heterocycles. The Hall–Kier alpha value is -1.84. The van der Waals surface area contributed by atoms with E-state index in [1.165, 1.54) is 17.3 Å². The van der Waals surface area contributed by atoms with Crippen LogP contribution < -0.4 is 0 Å². The lowest BCUT2D eigenvalue weighted by atomic mass is 10.2. The molecule has 0 fully saturated rings. The third-order valence-corrected chi connectivity index (χ3v) is 3.89. The smallest absolute Gasteiger partial charge is 0.214 e. The average Bonchev–Trinajstić information content (AvgIpc) is 2.56. The van der Waals surface area contributed by atoms with Crippen LogP contribution in [0.5, 0.6) is 0 Å². The number of aryl methyl sites for hydroxylation is 1. The summed E-state index contributed by atoms with van der Waals surface area (Å²) in [6.45, 7) is 0.623. The SMILES string of the molecule is O=C(COC/C=C/c1ccccc1)SCCc1ccccc1. The lowest BCUT2D eigenvalue weighted by Gasteiger charge is -2.02. The molecule has 0 aliphatic carbocycles. The quantitative estimate of drug-likeness (QED) is 0.683. The Morgan fingerprint density at radius 3 is 2.41 bits per heavy atom. The van der Waals surface area contributed by atoms with E-state index in [4.69, 9.17) is 4.74 Å². The van der Waals surface area contributed by atoms with Gasteiger partial charge in [-0.15, -0.1) is 0 Å². The van der Waals surface area contributed by atoms with Crippen LogP contribution in [-0.4, -0.2) is 24.1 Å². The molecule has 2 nitrogen and oxygen atoms in total. The van der Waals surface area contributed by atoms with E-state index < -0.39 is 0 Å². The second-order valence-corrected chi connectivity index (χ2v) is 5.94. The monoisotopic (exact) mass is 312 g/mol. The van der Waals surface area contributed by atoms with Gasteiger partial charge < -0.3 is 4.74 Å². The van der Waals surface area contributed by atoms with Crippen molar-refractivity contribution in [1.29, 1.82) is 0 Å². The third kappa shape index (κ3) is 6.74. The van der Waals surface area contributed by atoms with Crippen LogP contribution in [0.25, 0.3) is 6.08 Å². The average molecular weight is 312 g/mol. The molecule has 0 aromatic heterocycles. The first-order valence-corrected chi connectivity index (χ1v) is 8.32. The molecule has 2 aromatic carbocycles. The van der Waals surface area contributed by atoms with Crippen molar-refractivity contribution in [2.45, 2.75) is 6.42 Å². The maximum Gasteiger partial charge on any atom is 0.214 e. The van der Waals surface area contributed by atoms with Gasteiger partial charge in [0.1, 0.15) is 6.61 Å². The van der Waals surface area contributed by atoms with Crippen molar-refractivity contribution in [2.24, 2.45) is 0 Å². The molecule has 0 aliphatic heterocycles. The predicted octanol–water partition coefficient (Wildman–Crippen LogP) is 4.22. The zero-order valence-corrected chi connectivity index (χ0v) is 13.3. The Labute approximate surface area is 136 Å². The number of carbonyl (C=O) groups excluding carboxylic acids is 1. The van der Waals surface area contributed by atoms with Crippen LogP contribution >= 0.6 is 11.8 Å². The fraction of sp³-hybridized carbons (Fsp3) is 0.211. The van der Waals surface area contributed by atoms with Gasteiger partial charge >= 0.3 is 0 Å². The van der Waals surface area contributed by atoms with Crippen molar-refractivity contribution in [3.63, 3.8) is 0 Å². The molecule has 0 atom stereocenters. The minimum atomic E-state index is 0.0871. The van der Waals surface area contributed by atoms with Gasteiger partial charge in [-0.2, -0.15) is 0 Å². The number of benzene rings is 2. The molecule has 0 bridgehead atoms. The van der Waals surface area contributed by atoms with E-state index in [2.05, 4.69) is 12.1 Å². The highest BCUT2D eigenvalue weighted by molar-refractivity contribution is 8.13. The number of rotatable bonds is 8. The summed E-state index contributed by atoms with van der Waals surface area (Å²) in [4.78, 5) is 11.7. The first-order valence-electron chi connectivity index (χ1n) is 7.33.